The zero-order valence-corrected chi connectivity index (χ0v) is 12.8. The van der Waals surface area contributed by atoms with Gasteiger partial charge in [-0.1, -0.05) is 13.8 Å². The third-order valence-corrected chi connectivity index (χ3v) is 4.45. The molecule has 2 rings (SSSR count). The number of nitriles is 1. The first-order valence-corrected chi connectivity index (χ1v) is 7.94. The van der Waals surface area contributed by atoms with Crippen LogP contribution in [0.3, 0.4) is 0 Å². The lowest BCUT2D eigenvalue weighted by Gasteiger charge is -2.26. The Bertz CT molecular complexity index is 471. The van der Waals surface area contributed by atoms with Crippen LogP contribution < -0.4 is 5.32 Å². The first kappa shape index (κ1) is 15.1. The van der Waals surface area contributed by atoms with Crippen molar-refractivity contribution in [3.63, 3.8) is 0 Å². The van der Waals surface area contributed by atoms with Gasteiger partial charge in [0.2, 0.25) is 0 Å². The Morgan fingerprint density at radius 3 is 2.90 bits per heavy atom. The van der Waals surface area contributed by atoms with Crippen LogP contribution >= 0.6 is 0 Å². The van der Waals surface area contributed by atoms with E-state index in [0.717, 1.165) is 38.8 Å². The zero-order chi connectivity index (χ0) is 14.4. The minimum absolute atomic E-state index is 0.352. The molecule has 4 heteroatoms. The molecule has 110 valence electrons. The molecule has 0 fully saturated rings. The van der Waals surface area contributed by atoms with E-state index in [9.17, 15) is 5.26 Å². The lowest BCUT2D eigenvalue weighted by molar-refractivity contribution is 0.361. The number of aromatic nitrogens is 2. The lowest BCUT2D eigenvalue weighted by Crippen LogP contribution is -2.43. The maximum absolute atomic E-state index is 9.43. The quantitative estimate of drug-likeness (QED) is 0.832. The van der Waals surface area contributed by atoms with E-state index in [1.54, 1.807) is 0 Å². The number of fused-ring (bicyclic) bond motifs is 1. The molecular weight excluding hydrogens is 248 g/mol. The fraction of sp³-hybridized carbons (Fsp3) is 0.750. The summed E-state index contributed by atoms with van der Waals surface area (Å²) in [6.07, 6.45) is 9.64. The standard InChI is InChI=1S/C16H26N4/c1-3-16(12-17,19-4-2)10-7-11-20-13-18-14-8-5-6-9-15(14)20/h13,19H,3-11H2,1-2H3. The van der Waals surface area contributed by atoms with Crippen LogP contribution in [0.5, 0.6) is 0 Å². The highest BCUT2D eigenvalue weighted by atomic mass is 15.1. The number of rotatable bonds is 7. The fourth-order valence-corrected chi connectivity index (χ4v) is 3.18. The molecule has 1 heterocycles. The Morgan fingerprint density at radius 2 is 2.20 bits per heavy atom. The smallest absolute Gasteiger partial charge is 0.106 e. The van der Waals surface area contributed by atoms with Crippen LogP contribution in [0.4, 0.5) is 0 Å². The van der Waals surface area contributed by atoms with Crippen LogP contribution in [0.2, 0.25) is 0 Å². The molecule has 4 nitrogen and oxygen atoms in total. The summed E-state index contributed by atoms with van der Waals surface area (Å²) in [4.78, 5) is 4.53. The Morgan fingerprint density at radius 1 is 1.40 bits per heavy atom. The number of hydrogen-bond donors (Lipinski definition) is 1. The molecule has 1 N–H and O–H groups in total. The van der Waals surface area contributed by atoms with E-state index in [2.05, 4.69) is 34.8 Å². The van der Waals surface area contributed by atoms with Crippen molar-refractivity contribution in [2.45, 2.75) is 70.9 Å². The van der Waals surface area contributed by atoms with Gasteiger partial charge in [-0.25, -0.2) is 4.98 Å². The number of nitrogens with zero attached hydrogens (tertiary/aromatic N) is 3. The van der Waals surface area contributed by atoms with Gasteiger partial charge < -0.3 is 4.57 Å². The summed E-state index contributed by atoms with van der Waals surface area (Å²) in [5, 5.41) is 12.8. The predicted octanol–water partition coefficient (Wildman–Crippen LogP) is 2.82. The van der Waals surface area contributed by atoms with Gasteiger partial charge in [0.15, 0.2) is 0 Å². The van der Waals surface area contributed by atoms with E-state index < -0.39 is 0 Å². The topological polar surface area (TPSA) is 53.6 Å². The van der Waals surface area contributed by atoms with Crippen molar-refractivity contribution >= 4 is 0 Å². The minimum atomic E-state index is -0.352. The van der Waals surface area contributed by atoms with Crippen LogP contribution in [-0.4, -0.2) is 21.6 Å². The Kier molecular flexibility index (Phi) is 5.19. The zero-order valence-electron chi connectivity index (χ0n) is 12.8. The summed E-state index contributed by atoms with van der Waals surface area (Å²) >= 11 is 0. The second kappa shape index (κ2) is 6.90. The van der Waals surface area contributed by atoms with Crippen LogP contribution in [0.25, 0.3) is 0 Å². The highest BCUT2D eigenvalue weighted by Gasteiger charge is 2.26. The second-order valence-corrected chi connectivity index (χ2v) is 5.72. The summed E-state index contributed by atoms with van der Waals surface area (Å²) < 4.78 is 2.30. The van der Waals surface area contributed by atoms with Gasteiger partial charge in [0.05, 0.1) is 18.1 Å². The molecule has 20 heavy (non-hydrogen) atoms. The Balaban J connectivity index is 1.92. The van der Waals surface area contributed by atoms with Gasteiger partial charge in [-0.15, -0.1) is 0 Å². The third-order valence-electron chi connectivity index (χ3n) is 4.45. The van der Waals surface area contributed by atoms with Crippen molar-refractivity contribution in [1.29, 1.82) is 5.26 Å². The molecule has 0 aliphatic heterocycles. The summed E-state index contributed by atoms with van der Waals surface area (Å²) in [7, 11) is 0. The Hall–Kier alpha value is -1.34. The van der Waals surface area contributed by atoms with Gasteiger partial charge in [-0.2, -0.15) is 5.26 Å². The van der Waals surface area contributed by atoms with Crippen molar-refractivity contribution in [1.82, 2.24) is 14.9 Å². The largest absolute Gasteiger partial charge is 0.334 e. The molecule has 0 radical (unpaired) electrons. The highest BCUT2D eigenvalue weighted by molar-refractivity contribution is 5.16. The summed E-state index contributed by atoms with van der Waals surface area (Å²) in [5.41, 5.74) is 2.37. The number of aryl methyl sites for hydroxylation is 2. The summed E-state index contributed by atoms with van der Waals surface area (Å²) in [6.45, 7) is 5.98. The Labute approximate surface area is 122 Å². The summed E-state index contributed by atoms with van der Waals surface area (Å²) in [5.74, 6) is 0. The average molecular weight is 274 g/mol. The maximum atomic E-state index is 9.43. The van der Waals surface area contributed by atoms with Gasteiger partial charge in [-0.3, -0.25) is 5.32 Å². The van der Waals surface area contributed by atoms with Gasteiger partial charge in [0, 0.05) is 12.2 Å². The van der Waals surface area contributed by atoms with Crippen molar-refractivity contribution in [2.24, 2.45) is 0 Å². The van der Waals surface area contributed by atoms with Gasteiger partial charge in [0.1, 0.15) is 5.54 Å². The molecule has 0 saturated carbocycles. The van der Waals surface area contributed by atoms with E-state index >= 15 is 0 Å². The van der Waals surface area contributed by atoms with Crippen molar-refractivity contribution < 1.29 is 0 Å². The molecule has 0 bridgehead atoms. The van der Waals surface area contributed by atoms with E-state index in [4.69, 9.17) is 0 Å². The van der Waals surface area contributed by atoms with E-state index in [1.807, 2.05) is 6.33 Å². The van der Waals surface area contributed by atoms with E-state index in [1.165, 1.54) is 30.7 Å². The molecule has 1 aromatic heterocycles. The molecule has 0 spiro atoms. The van der Waals surface area contributed by atoms with Gasteiger partial charge in [0.25, 0.3) is 0 Å². The van der Waals surface area contributed by atoms with Crippen LogP contribution in [0.15, 0.2) is 6.33 Å². The molecule has 1 aliphatic rings. The molecule has 1 aliphatic carbocycles. The van der Waals surface area contributed by atoms with E-state index in [0.29, 0.717) is 0 Å². The molecule has 0 aromatic carbocycles. The number of nitrogens with one attached hydrogen (secondary N) is 1. The molecular formula is C16H26N4. The minimum Gasteiger partial charge on any atom is -0.334 e. The molecule has 1 atom stereocenters. The van der Waals surface area contributed by atoms with Crippen molar-refractivity contribution in [3.8, 4) is 6.07 Å². The van der Waals surface area contributed by atoms with Crippen molar-refractivity contribution in [2.75, 3.05) is 6.54 Å². The lowest BCUT2D eigenvalue weighted by atomic mass is 9.92. The molecule has 1 unspecified atom stereocenters. The second-order valence-electron chi connectivity index (χ2n) is 5.72. The number of imidazole rings is 1. The average Bonchev–Trinajstić information content (AvgIpc) is 2.90. The highest BCUT2D eigenvalue weighted by Crippen LogP contribution is 2.22. The molecule has 0 saturated heterocycles. The first-order valence-electron chi connectivity index (χ1n) is 7.94. The molecule has 1 aromatic rings. The molecule has 0 amide bonds. The predicted molar refractivity (Wildman–Crippen MR) is 80.4 cm³/mol. The third kappa shape index (κ3) is 3.21. The summed E-state index contributed by atoms with van der Waals surface area (Å²) in [6, 6.07) is 2.47. The van der Waals surface area contributed by atoms with Crippen LogP contribution in [-0.2, 0) is 19.4 Å². The fourth-order valence-electron chi connectivity index (χ4n) is 3.18. The van der Waals surface area contributed by atoms with Gasteiger partial charge in [-0.05, 0) is 51.5 Å². The normalized spacial score (nSPS) is 17.2. The number of hydrogen-bond acceptors (Lipinski definition) is 3. The van der Waals surface area contributed by atoms with Crippen LogP contribution in [0.1, 0.15) is 57.3 Å². The van der Waals surface area contributed by atoms with Crippen molar-refractivity contribution in [3.05, 3.63) is 17.7 Å². The van der Waals surface area contributed by atoms with Crippen LogP contribution in [0, 0.1) is 11.3 Å². The maximum Gasteiger partial charge on any atom is 0.106 e. The monoisotopic (exact) mass is 274 g/mol. The first-order chi connectivity index (χ1) is 9.74. The SMILES string of the molecule is CCNC(C#N)(CC)CCCn1cnc2c1CCCC2. The van der Waals surface area contributed by atoms with E-state index in [-0.39, 0.29) is 5.54 Å². The van der Waals surface area contributed by atoms with Gasteiger partial charge >= 0.3 is 0 Å².